The van der Waals surface area contributed by atoms with Gasteiger partial charge in [-0.25, -0.2) is 0 Å². The number of hydrogen-bond donors (Lipinski definition) is 0. The first-order valence-corrected chi connectivity index (χ1v) is 6.53. The second-order valence-electron chi connectivity index (χ2n) is 4.50. The molecule has 1 heteroatoms. The summed E-state index contributed by atoms with van der Waals surface area (Å²) >= 11 is 6.06. The molecule has 82 valence electrons. The van der Waals surface area contributed by atoms with Crippen molar-refractivity contribution in [3.05, 3.63) is 11.6 Å². The topological polar surface area (TPSA) is 0 Å². The van der Waals surface area contributed by atoms with E-state index >= 15 is 0 Å². The van der Waals surface area contributed by atoms with Crippen molar-refractivity contribution in [2.45, 2.75) is 64.2 Å². The molecule has 0 amide bonds. The molecule has 0 radical (unpaired) electrons. The normalized spacial score (nSPS) is 23.6. The molecule has 2 atom stereocenters. The maximum atomic E-state index is 6.06. The first-order valence-electron chi connectivity index (χ1n) is 6.09. The summed E-state index contributed by atoms with van der Waals surface area (Å²) in [5.41, 5.74) is 1.62. The Morgan fingerprint density at radius 2 is 2.29 bits per heavy atom. The van der Waals surface area contributed by atoms with Crippen molar-refractivity contribution in [2.75, 3.05) is 0 Å². The van der Waals surface area contributed by atoms with Crippen molar-refractivity contribution in [1.29, 1.82) is 0 Å². The number of rotatable bonds is 6. The Bertz CT molecular complexity index is 184. The van der Waals surface area contributed by atoms with Gasteiger partial charge < -0.3 is 0 Å². The fourth-order valence-electron chi connectivity index (χ4n) is 2.23. The fourth-order valence-corrected chi connectivity index (χ4v) is 2.52. The molecule has 0 aromatic heterocycles. The van der Waals surface area contributed by atoms with Gasteiger partial charge >= 0.3 is 0 Å². The van der Waals surface area contributed by atoms with Crippen LogP contribution in [0.4, 0.5) is 0 Å². The highest BCUT2D eigenvalue weighted by Crippen LogP contribution is 2.30. The van der Waals surface area contributed by atoms with Crippen molar-refractivity contribution in [3.8, 4) is 0 Å². The van der Waals surface area contributed by atoms with Crippen LogP contribution in [0, 0.1) is 5.92 Å². The molecule has 1 aliphatic carbocycles. The van der Waals surface area contributed by atoms with Crippen LogP contribution in [0.3, 0.4) is 0 Å². The van der Waals surface area contributed by atoms with Crippen molar-refractivity contribution in [2.24, 2.45) is 5.92 Å². The Balaban J connectivity index is 2.29. The predicted octanol–water partition coefficient (Wildman–Crippen LogP) is 4.92. The molecule has 2 unspecified atom stereocenters. The summed E-state index contributed by atoms with van der Waals surface area (Å²) in [4.78, 5) is 0. The minimum Gasteiger partial charge on any atom is -0.118 e. The van der Waals surface area contributed by atoms with Gasteiger partial charge in [0.2, 0.25) is 0 Å². The first-order chi connectivity index (χ1) is 6.76. The van der Waals surface area contributed by atoms with Crippen LogP contribution in [0.1, 0.15) is 58.8 Å². The summed E-state index contributed by atoms with van der Waals surface area (Å²) in [6.07, 6.45) is 11.4. The van der Waals surface area contributed by atoms with E-state index in [9.17, 15) is 0 Å². The number of allylic oxidation sites excluding steroid dienone is 2. The van der Waals surface area contributed by atoms with Gasteiger partial charge in [-0.15, -0.1) is 11.6 Å². The Morgan fingerprint density at radius 3 is 2.79 bits per heavy atom. The maximum absolute atomic E-state index is 6.06. The van der Waals surface area contributed by atoms with Gasteiger partial charge in [0.25, 0.3) is 0 Å². The van der Waals surface area contributed by atoms with Crippen molar-refractivity contribution in [3.63, 3.8) is 0 Å². The van der Waals surface area contributed by atoms with Crippen LogP contribution < -0.4 is 0 Å². The number of halogens is 1. The standard InChI is InChI=1S/C13H23Cl/c1-3-5-6-11(4-2)9-12-7-8-13(14)10-12/h10-11,13H,3-9H2,1-2H3. The Labute approximate surface area is 93.7 Å². The highest BCUT2D eigenvalue weighted by Gasteiger charge is 2.16. The van der Waals surface area contributed by atoms with Crippen LogP contribution in [0.25, 0.3) is 0 Å². The summed E-state index contributed by atoms with van der Waals surface area (Å²) in [5, 5.41) is 0.327. The van der Waals surface area contributed by atoms with Crippen LogP contribution in [0.15, 0.2) is 11.6 Å². The molecule has 0 fully saturated rings. The molecule has 1 rings (SSSR count). The quantitative estimate of drug-likeness (QED) is 0.435. The Hall–Kier alpha value is 0.0300. The van der Waals surface area contributed by atoms with Gasteiger partial charge in [0.15, 0.2) is 0 Å². The van der Waals surface area contributed by atoms with Gasteiger partial charge in [0, 0.05) is 0 Å². The van der Waals surface area contributed by atoms with E-state index in [4.69, 9.17) is 11.6 Å². The van der Waals surface area contributed by atoms with Gasteiger partial charge in [-0.1, -0.05) is 51.2 Å². The van der Waals surface area contributed by atoms with Gasteiger partial charge in [0.1, 0.15) is 0 Å². The molecule has 1 aliphatic rings. The van der Waals surface area contributed by atoms with Gasteiger partial charge in [-0.3, -0.25) is 0 Å². The fraction of sp³-hybridized carbons (Fsp3) is 0.846. The minimum absolute atomic E-state index is 0.327. The average molecular weight is 215 g/mol. The molecule has 0 bridgehead atoms. The maximum Gasteiger partial charge on any atom is 0.0521 e. The molecule has 0 heterocycles. The summed E-state index contributed by atoms with van der Waals surface area (Å²) in [6, 6.07) is 0. The lowest BCUT2D eigenvalue weighted by Gasteiger charge is -2.14. The largest absolute Gasteiger partial charge is 0.118 e. The first kappa shape index (κ1) is 12.1. The van der Waals surface area contributed by atoms with Gasteiger partial charge in [-0.2, -0.15) is 0 Å². The van der Waals surface area contributed by atoms with Gasteiger partial charge in [0.05, 0.1) is 5.38 Å². The van der Waals surface area contributed by atoms with E-state index in [0.29, 0.717) is 5.38 Å². The lowest BCUT2D eigenvalue weighted by atomic mass is 9.92. The zero-order valence-corrected chi connectivity index (χ0v) is 10.3. The third kappa shape index (κ3) is 4.04. The van der Waals surface area contributed by atoms with Crippen molar-refractivity contribution >= 4 is 11.6 Å². The molecule has 0 spiro atoms. The van der Waals surface area contributed by atoms with E-state index in [1.54, 1.807) is 5.57 Å². The van der Waals surface area contributed by atoms with Crippen LogP contribution in [-0.2, 0) is 0 Å². The highest BCUT2D eigenvalue weighted by atomic mass is 35.5. The van der Waals surface area contributed by atoms with Crippen molar-refractivity contribution < 1.29 is 0 Å². The molecular weight excluding hydrogens is 192 g/mol. The Morgan fingerprint density at radius 1 is 1.50 bits per heavy atom. The highest BCUT2D eigenvalue weighted by molar-refractivity contribution is 6.22. The monoisotopic (exact) mass is 214 g/mol. The average Bonchev–Trinajstić information content (AvgIpc) is 2.58. The Kier molecular flexibility index (Phi) is 5.62. The molecule has 0 aromatic carbocycles. The molecule has 0 aromatic rings. The van der Waals surface area contributed by atoms with Crippen LogP contribution >= 0.6 is 11.6 Å². The smallest absolute Gasteiger partial charge is 0.0521 e. The molecule has 0 nitrogen and oxygen atoms in total. The summed E-state index contributed by atoms with van der Waals surface area (Å²) in [5.74, 6) is 0.906. The van der Waals surface area contributed by atoms with Crippen LogP contribution in [0.5, 0.6) is 0 Å². The summed E-state index contributed by atoms with van der Waals surface area (Å²) in [7, 11) is 0. The van der Waals surface area contributed by atoms with Crippen LogP contribution in [-0.4, -0.2) is 5.38 Å². The third-order valence-corrected chi connectivity index (χ3v) is 3.60. The van der Waals surface area contributed by atoms with E-state index in [0.717, 1.165) is 5.92 Å². The number of unbranched alkanes of at least 4 members (excludes halogenated alkanes) is 1. The van der Waals surface area contributed by atoms with E-state index in [1.165, 1.54) is 44.9 Å². The lowest BCUT2D eigenvalue weighted by molar-refractivity contribution is 0.444. The van der Waals surface area contributed by atoms with Crippen molar-refractivity contribution in [1.82, 2.24) is 0 Å². The summed E-state index contributed by atoms with van der Waals surface area (Å²) in [6.45, 7) is 4.59. The number of alkyl halides is 1. The molecule has 0 saturated heterocycles. The predicted molar refractivity (Wildman–Crippen MR) is 64.9 cm³/mol. The summed E-state index contributed by atoms with van der Waals surface area (Å²) < 4.78 is 0. The molecule has 14 heavy (non-hydrogen) atoms. The zero-order chi connectivity index (χ0) is 10.4. The van der Waals surface area contributed by atoms with E-state index < -0.39 is 0 Å². The molecule has 0 saturated carbocycles. The molecular formula is C13H23Cl. The molecule has 0 aliphatic heterocycles. The van der Waals surface area contributed by atoms with Gasteiger partial charge in [-0.05, 0) is 25.2 Å². The molecule has 0 N–H and O–H groups in total. The number of hydrogen-bond acceptors (Lipinski definition) is 0. The second kappa shape index (κ2) is 6.50. The van der Waals surface area contributed by atoms with E-state index in [2.05, 4.69) is 19.9 Å². The zero-order valence-electron chi connectivity index (χ0n) is 9.56. The third-order valence-electron chi connectivity index (χ3n) is 3.25. The van der Waals surface area contributed by atoms with Crippen LogP contribution in [0.2, 0.25) is 0 Å². The van der Waals surface area contributed by atoms with E-state index in [1.807, 2.05) is 0 Å². The minimum atomic E-state index is 0.327. The van der Waals surface area contributed by atoms with E-state index in [-0.39, 0.29) is 0 Å². The SMILES string of the molecule is CCCCC(CC)CC1=CC(Cl)CC1. The second-order valence-corrected chi connectivity index (χ2v) is 5.06. The lowest BCUT2D eigenvalue weighted by Crippen LogP contribution is -1.99.